The van der Waals surface area contributed by atoms with Crippen molar-refractivity contribution in [1.29, 1.82) is 0 Å². The Hall–Kier alpha value is -1.10. The molecule has 0 saturated heterocycles. The van der Waals surface area contributed by atoms with Crippen LogP contribution in [0.15, 0.2) is 4.99 Å². The minimum atomic E-state index is -0.494. The molecule has 0 spiro atoms. The van der Waals surface area contributed by atoms with Crippen molar-refractivity contribution in [1.82, 2.24) is 4.90 Å². The Morgan fingerprint density at radius 3 is 2.75 bits per heavy atom. The van der Waals surface area contributed by atoms with E-state index in [1.165, 1.54) is 4.90 Å². The van der Waals surface area contributed by atoms with E-state index in [9.17, 15) is 4.79 Å². The minimum Gasteiger partial charge on any atom is -0.444 e. The lowest BCUT2D eigenvalue weighted by molar-refractivity contribution is 0.0221. The Kier molecular flexibility index (Phi) is 3.91. The van der Waals surface area contributed by atoms with Gasteiger partial charge in [-0.15, -0.1) is 0 Å². The number of hydrogen-bond acceptors (Lipinski definition) is 4. The molecule has 1 amide bonds. The molecule has 0 bridgehead atoms. The summed E-state index contributed by atoms with van der Waals surface area (Å²) >= 11 is 0. The topological polar surface area (TPSA) is 67.9 Å². The van der Waals surface area contributed by atoms with E-state index in [1.54, 1.807) is 6.21 Å². The number of nitrogens with zero attached hydrogens (tertiary/aromatic N) is 2. The van der Waals surface area contributed by atoms with Gasteiger partial charge in [0.25, 0.3) is 0 Å². The third-order valence-corrected chi connectivity index (χ3v) is 2.27. The van der Waals surface area contributed by atoms with Crippen molar-refractivity contribution in [3.8, 4) is 0 Å². The van der Waals surface area contributed by atoms with E-state index in [-0.39, 0.29) is 12.1 Å². The summed E-state index contributed by atoms with van der Waals surface area (Å²) in [5.41, 5.74) is 5.34. The maximum atomic E-state index is 11.8. The number of amides is 1. The van der Waals surface area contributed by atoms with E-state index >= 15 is 0 Å². The maximum absolute atomic E-state index is 11.8. The second-order valence-corrected chi connectivity index (χ2v) is 5.10. The molecule has 1 rings (SSSR count). The molecule has 16 heavy (non-hydrogen) atoms. The van der Waals surface area contributed by atoms with Gasteiger partial charge in [-0.3, -0.25) is 9.89 Å². The fourth-order valence-electron chi connectivity index (χ4n) is 1.40. The van der Waals surface area contributed by atoms with Crippen LogP contribution < -0.4 is 5.73 Å². The van der Waals surface area contributed by atoms with E-state index in [4.69, 9.17) is 10.5 Å². The molecular formula is C11H21N3O2. The summed E-state index contributed by atoms with van der Waals surface area (Å²) in [5.74, 6) is 0. The first-order valence-electron chi connectivity index (χ1n) is 5.58. The van der Waals surface area contributed by atoms with E-state index in [0.29, 0.717) is 6.54 Å². The summed E-state index contributed by atoms with van der Waals surface area (Å²) in [6.45, 7) is 8.10. The standard InChI is InChI=1S/C11H21N3O2/c1-8-5-6-14(9(12)7-13-8)10(15)16-11(2,3)4/h7-9H,5-6,12H2,1-4H3. The molecule has 0 fully saturated rings. The molecule has 2 unspecified atom stereocenters. The van der Waals surface area contributed by atoms with Crippen LogP contribution in [0.4, 0.5) is 4.79 Å². The fraction of sp³-hybridized carbons (Fsp3) is 0.818. The Morgan fingerprint density at radius 1 is 1.56 bits per heavy atom. The summed E-state index contributed by atoms with van der Waals surface area (Å²) in [4.78, 5) is 17.6. The summed E-state index contributed by atoms with van der Waals surface area (Å²) < 4.78 is 5.28. The first-order valence-corrected chi connectivity index (χ1v) is 5.58. The summed E-state index contributed by atoms with van der Waals surface area (Å²) in [6, 6.07) is 0.207. The van der Waals surface area contributed by atoms with Crippen LogP contribution in [-0.2, 0) is 4.74 Å². The lowest BCUT2D eigenvalue weighted by atomic mass is 10.2. The van der Waals surface area contributed by atoms with Crippen LogP contribution in [0.2, 0.25) is 0 Å². The van der Waals surface area contributed by atoms with Crippen molar-refractivity contribution < 1.29 is 9.53 Å². The number of rotatable bonds is 0. The second-order valence-electron chi connectivity index (χ2n) is 5.10. The fourth-order valence-corrected chi connectivity index (χ4v) is 1.40. The number of nitrogens with two attached hydrogens (primary N) is 1. The van der Waals surface area contributed by atoms with E-state index in [2.05, 4.69) is 4.99 Å². The molecular weight excluding hydrogens is 206 g/mol. The quantitative estimate of drug-likeness (QED) is 0.679. The van der Waals surface area contributed by atoms with Crippen molar-refractivity contribution in [3.63, 3.8) is 0 Å². The second kappa shape index (κ2) is 4.82. The van der Waals surface area contributed by atoms with Crippen LogP contribution in [0.25, 0.3) is 0 Å². The van der Waals surface area contributed by atoms with Crippen LogP contribution in [0.1, 0.15) is 34.1 Å². The third-order valence-electron chi connectivity index (χ3n) is 2.27. The number of carbonyl (C=O) groups is 1. The third kappa shape index (κ3) is 3.81. The average Bonchev–Trinajstić information content (AvgIpc) is 2.26. The molecule has 0 aliphatic carbocycles. The van der Waals surface area contributed by atoms with Gasteiger partial charge in [0.15, 0.2) is 0 Å². The highest BCUT2D eigenvalue weighted by Crippen LogP contribution is 2.13. The van der Waals surface area contributed by atoms with Gasteiger partial charge < -0.3 is 10.5 Å². The van der Waals surface area contributed by atoms with Gasteiger partial charge in [0.1, 0.15) is 11.8 Å². The molecule has 2 N–H and O–H groups in total. The average molecular weight is 227 g/mol. The van der Waals surface area contributed by atoms with Gasteiger partial charge in [-0.2, -0.15) is 0 Å². The molecule has 5 nitrogen and oxygen atoms in total. The summed E-state index contributed by atoms with van der Waals surface area (Å²) in [5, 5.41) is 0. The minimum absolute atomic E-state index is 0.207. The normalized spacial score (nSPS) is 26.4. The van der Waals surface area contributed by atoms with Gasteiger partial charge in [-0.25, -0.2) is 4.79 Å². The van der Waals surface area contributed by atoms with Crippen molar-refractivity contribution >= 4 is 12.3 Å². The Morgan fingerprint density at radius 2 is 2.19 bits per heavy atom. The molecule has 0 aromatic heterocycles. The van der Waals surface area contributed by atoms with E-state index in [1.807, 2.05) is 27.7 Å². The monoisotopic (exact) mass is 227 g/mol. The predicted molar refractivity (Wildman–Crippen MR) is 63.5 cm³/mol. The van der Waals surface area contributed by atoms with Crippen LogP contribution in [0, 0.1) is 0 Å². The Balaban J connectivity index is 2.65. The maximum Gasteiger partial charge on any atom is 0.411 e. The number of hydrogen-bond donors (Lipinski definition) is 1. The summed E-state index contributed by atoms with van der Waals surface area (Å²) in [7, 11) is 0. The highest BCUT2D eigenvalue weighted by molar-refractivity contribution is 5.75. The summed E-state index contributed by atoms with van der Waals surface area (Å²) in [6.07, 6.45) is 1.56. The van der Waals surface area contributed by atoms with Crippen molar-refractivity contribution in [2.24, 2.45) is 10.7 Å². The predicted octanol–water partition coefficient (Wildman–Crippen LogP) is 1.37. The first kappa shape index (κ1) is 13.0. The molecule has 0 aromatic rings. The highest BCUT2D eigenvalue weighted by atomic mass is 16.6. The van der Waals surface area contributed by atoms with Crippen molar-refractivity contribution in [2.75, 3.05) is 6.54 Å². The van der Waals surface area contributed by atoms with Gasteiger partial charge in [0, 0.05) is 18.8 Å². The zero-order chi connectivity index (χ0) is 12.3. The highest BCUT2D eigenvalue weighted by Gasteiger charge is 2.27. The molecule has 2 atom stereocenters. The zero-order valence-electron chi connectivity index (χ0n) is 10.4. The number of aliphatic imine (C=N–C) groups is 1. The SMILES string of the molecule is CC1CCN(C(=O)OC(C)(C)C)C(N)C=N1. The van der Waals surface area contributed by atoms with Gasteiger partial charge >= 0.3 is 6.09 Å². The van der Waals surface area contributed by atoms with Crippen LogP contribution in [-0.4, -0.2) is 41.6 Å². The Labute approximate surface area is 96.7 Å². The van der Waals surface area contributed by atoms with Gasteiger partial charge in [0.2, 0.25) is 0 Å². The van der Waals surface area contributed by atoms with Crippen molar-refractivity contribution in [2.45, 2.75) is 51.9 Å². The first-order chi connectivity index (χ1) is 7.29. The van der Waals surface area contributed by atoms with E-state index in [0.717, 1.165) is 6.42 Å². The molecule has 92 valence electrons. The van der Waals surface area contributed by atoms with Gasteiger partial charge in [-0.05, 0) is 34.1 Å². The smallest absolute Gasteiger partial charge is 0.411 e. The van der Waals surface area contributed by atoms with Crippen LogP contribution in [0.3, 0.4) is 0 Å². The number of ether oxygens (including phenoxy) is 1. The van der Waals surface area contributed by atoms with Gasteiger partial charge in [0.05, 0.1) is 0 Å². The molecule has 1 aliphatic rings. The molecule has 1 heterocycles. The largest absolute Gasteiger partial charge is 0.444 e. The molecule has 0 aromatic carbocycles. The molecule has 0 saturated carbocycles. The molecule has 5 heteroatoms. The lowest BCUT2D eigenvalue weighted by Gasteiger charge is -2.28. The van der Waals surface area contributed by atoms with Crippen LogP contribution >= 0.6 is 0 Å². The Bertz CT molecular complexity index is 283. The molecule has 0 radical (unpaired) electrons. The van der Waals surface area contributed by atoms with Gasteiger partial charge in [-0.1, -0.05) is 0 Å². The lowest BCUT2D eigenvalue weighted by Crippen LogP contribution is -2.48. The van der Waals surface area contributed by atoms with E-state index < -0.39 is 11.8 Å². The molecule has 1 aliphatic heterocycles. The van der Waals surface area contributed by atoms with Crippen LogP contribution in [0.5, 0.6) is 0 Å². The number of carbonyl (C=O) groups excluding carboxylic acids is 1. The zero-order valence-corrected chi connectivity index (χ0v) is 10.4. The van der Waals surface area contributed by atoms with Crippen molar-refractivity contribution in [3.05, 3.63) is 0 Å².